The summed E-state index contributed by atoms with van der Waals surface area (Å²) in [5.74, 6) is -3.83. The van der Waals surface area contributed by atoms with Crippen LogP contribution in [0.4, 0.5) is 13.2 Å². The third-order valence-corrected chi connectivity index (χ3v) is 5.69. The van der Waals surface area contributed by atoms with Crippen molar-refractivity contribution in [2.45, 2.75) is 25.4 Å². The Morgan fingerprint density at radius 3 is 2.40 bits per heavy atom. The van der Waals surface area contributed by atoms with Gasteiger partial charge < -0.3 is 15.5 Å². The molecule has 1 saturated heterocycles. The summed E-state index contributed by atoms with van der Waals surface area (Å²) in [5, 5.41) is 0. The van der Waals surface area contributed by atoms with Gasteiger partial charge >= 0.3 is 0 Å². The first-order valence-electron chi connectivity index (χ1n) is 9.42. The van der Waals surface area contributed by atoms with E-state index in [1.807, 2.05) is 24.3 Å². The number of nitrogens with two attached hydrogens (primary N) is 1. The van der Waals surface area contributed by atoms with Crippen molar-refractivity contribution in [3.63, 3.8) is 0 Å². The Kier molecular flexibility index (Phi) is 7.35. The molecule has 30 heavy (non-hydrogen) atoms. The van der Waals surface area contributed by atoms with Gasteiger partial charge in [0.25, 0.3) is 0 Å². The van der Waals surface area contributed by atoms with Gasteiger partial charge in [-0.2, -0.15) is 0 Å². The van der Waals surface area contributed by atoms with E-state index in [0.29, 0.717) is 25.7 Å². The fourth-order valence-electron chi connectivity index (χ4n) is 3.33. The normalized spacial score (nSPS) is 15.4. The number of piperazine rings is 1. The first kappa shape index (κ1) is 22.5. The summed E-state index contributed by atoms with van der Waals surface area (Å²) in [6.45, 7) is 1.22. The van der Waals surface area contributed by atoms with Crippen molar-refractivity contribution < 1.29 is 22.8 Å². The Labute approximate surface area is 186 Å². The molecule has 9 heteroatoms. The number of carbonyl (C=O) groups excluding carboxylic acids is 2. The molecule has 5 nitrogen and oxygen atoms in total. The van der Waals surface area contributed by atoms with Gasteiger partial charge in [0, 0.05) is 41.7 Å². The Bertz CT molecular complexity index is 940. The summed E-state index contributed by atoms with van der Waals surface area (Å²) in [6, 6.07) is 8.30. The maximum absolute atomic E-state index is 13.8. The number of benzene rings is 2. The highest BCUT2D eigenvalue weighted by molar-refractivity contribution is 14.1. The molecule has 0 aliphatic carbocycles. The molecule has 1 atom stereocenters. The zero-order valence-electron chi connectivity index (χ0n) is 16.1. The lowest BCUT2D eigenvalue weighted by molar-refractivity contribution is -0.145. The second-order valence-electron chi connectivity index (χ2n) is 7.28. The second kappa shape index (κ2) is 9.78. The average Bonchev–Trinajstić information content (AvgIpc) is 2.69. The standard InChI is InChI=1S/C21H21F3IN3O2/c22-17-10-19(24)18(23)8-14(17)7-16(26)9-20(29)28-6-5-27(21(30)12-28)11-13-1-3-15(25)4-2-13/h1-4,8,10,16H,5-7,9,11-12,26H2/t16-/m1/s1. The number of nitrogens with zero attached hydrogens (tertiary/aromatic N) is 2. The topological polar surface area (TPSA) is 66.6 Å². The Morgan fingerprint density at radius 2 is 1.73 bits per heavy atom. The van der Waals surface area contributed by atoms with Crippen molar-refractivity contribution in [1.29, 1.82) is 0 Å². The third kappa shape index (κ3) is 5.72. The van der Waals surface area contributed by atoms with Crippen LogP contribution in [0.2, 0.25) is 0 Å². The first-order chi connectivity index (χ1) is 14.2. The fourth-order valence-corrected chi connectivity index (χ4v) is 3.69. The van der Waals surface area contributed by atoms with E-state index in [1.165, 1.54) is 4.90 Å². The Morgan fingerprint density at radius 1 is 1.07 bits per heavy atom. The number of rotatable bonds is 6. The van der Waals surface area contributed by atoms with Crippen LogP contribution in [0.25, 0.3) is 0 Å². The highest BCUT2D eigenvalue weighted by Gasteiger charge is 2.28. The monoisotopic (exact) mass is 531 g/mol. The molecule has 1 fully saturated rings. The third-order valence-electron chi connectivity index (χ3n) is 4.97. The van der Waals surface area contributed by atoms with Gasteiger partial charge in [-0.3, -0.25) is 9.59 Å². The van der Waals surface area contributed by atoms with E-state index in [-0.39, 0.29) is 36.8 Å². The summed E-state index contributed by atoms with van der Waals surface area (Å²) in [7, 11) is 0. The number of halogens is 4. The van der Waals surface area contributed by atoms with Gasteiger partial charge in [-0.05, 0) is 58.3 Å². The van der Waals surface area contributed by atoms with Crippen LogP contribution in [-0.4, -0.2) is 47.3 Å². The van der Waals surface area contributed by atoms with E-state index < -0.39 is 23.5 Å². The van der Waals surface area contributed by atoms with Crippen molar-refractivity contribution in [2.75, 3.05) is 19.6 Å². The van der Waals surface area contributed by atoms with Crippen molar-refractivity contribution in [3.05, 3.63) is 68.5 Å². The molecule has 0 bridgehead atoms. The highest BCUT2D eigenvalue weighted by Crippen LogP contribution is 2.17. The van der Waals surface area contributed by atoms with Gasteiger partial charge in [0.05, 0.1) is 6.54 Å². The van der Waals surface area contributed by atoms with Crippen LogP contribution < -0.4 is 5.73 Å². The second-order valence-corrected chi connectivity index (χ2v) is 8.53. The molecule has 0 saturated carbocycles. The molecule has 1 aliphatic heterocycles. The lowest BCUT2D eigenvalue weighted by atomic mass is 10.0. The van der Waals surface area contributed by atoms with Crippen molar-refractivity contribution in [2.24, 2.45) is 5.73 Å². The van der Waals surface area contributed by atoms with E-state index in [0.717, 1.165) is 15.2 Å². The molecule has 2 amide bonds. The molecular formula is C21H21F3IN3O2. The number of hydrogen-bond acceptors (Lipinski definition) is 3. The molecule has 2 N–H and O–H groups in total. The first-order valence-corrected chi connectivity index (χ1v) is 10.5. The van der Waals surface area contributed by atoms with E-state index in [2.05, 4.69) is 22.6 Å². The summed E-state index contributed by atoms with van der Waals surface area (Å²) in [6.07, 6.45) is -0.238. The summed E-state index contributed by atoms with van der Waals surface area (Å²) in [5.41, 5.74) is 6.84. The fraction of sp³-hybridized carbons (Fsp3) is 0.333. The van der Waals surface area contributed by atoms with Gasteiger partial charge in [0.1, 0.15) is 5.82 Å². The quantitative estimate of drug-likeness (QED) is 0.461. The maximum atomic E-state index is 13.8. The van der Waals surface area contributed by atoms with Crippen LogP contribution >= 0.6 is 22.6 Å². The van der Waals surface area contributed by atoms with Gasteiger partial charge in [0.2, 0.25) is 11.8 Å². The van der Waals surface area contributed by atoms with E-state index in [1.54, 1.807) is 4.90 Å². The van der Waals surface area contributed by atoms with Crippen LogP contribution in [0, 0.1) is 21.0 Å². The van der Waals surface area contributed by atoms with E-state index in [9.17, 15) is 22.8 Å². The molecule has 160 valence electrons. The summed E-state index contributed by atoms with van der Waals surface area (Å²) in [4.78, 5) is 28.1. The predicted molar refractivity (Wildman–Crippen MR) is 114 cm³/mol. The minimum Gasteiger partial charge on any atom is -0.335 e. The Balaban J connectivity index is 1.52. The minimum absolute atomic E-state index is 0.0462. The van der Waals surface area contributed by atoms with Gasteiger partial charge in [0.15, 0.2) is 11.6 Å². The molecule has 0 radical (unpaired) electrons. The number of amides is 2. The maximum Gasteiger partial charge on any atom is 0.242 e. The zero-order chi connectivity index (χ0) is 21.8. The largest absolute Gasteiger partial charge is 0.335 e. The van der Waals surface area contributed by atoms with Crippen LogP contribution in [0.15, 0.2) is 36.4 Å². The van der Waals surface area contributed by atoms with Crippen molar-refractivity contribution in [1.82, 2.24) is 9.80 Å². The number of hydrogen-bond donors (Lipinski definition) is 1. The minimum atomic E-state index is -1.28. The SMILES string of the molecule is N[C@@H](CC(=O)N1CCN(Cc2ccc(I)cc2)C(=O)C1)Cc1cc(F)c(F)cc1F. The van der Waals surface area contributed by atoms with Gasteiger partial charge in [-0.15, -0.1) is 0 Å². The summed E-state index contributed by atoms with van der Waals surface area (Å²) >= 11 is 2.21. The molecular weight excluding hydrogens is 510 g/mol. The van der Waals surface area contributed by atoms with Crippen LogP contribution in [0.1, 0.15) is 17.5 Å². The lowest BCUT2D eigenvalue weighted by Crippen LogP contribution is -2.52. The summed E-state index contributed by atoms with van der Waals surface area (Å²) < 4.78 is 41.2. The highest BCUT2D eigenvalue weighted by atomic mass is 127. The smallest absolute Gasteiger partial charge is 0.242 e. The number of carbonyl (C=O) groups is 2. The molecule has 2 aromatic carbocycles. The Hall–Kier alpha value is -2.14. The lowest BCUT2D eigenvalue weighted by Gasteiger charge is -2.35. The molecule has 0 unspecified atom stereocenters. The van der Waals surface area contributed by atoms with Crippen LogP contribution in [-0.2, 0) is 22.6 Å². The van der Waals surface area contributed by atoms with E-state index in [4.69, 9.17) is 5.73 Å². The molecule has 3 rings (SSSR count). The van der Waals surface area contributed by atoms with Crippen LogP contribution in [0.5, 0.6) is 0 Å². The predicted octanol–water partition coefficient (Wildman–Crippen LogP) is 2.84. The van der Waals surface area contributed by atoms with Gasteiger partial charge in [-0.1, -0.05) is 12.1 Å². The molecule has 0 spiro atoms. The van der Waals surface area contributed by atoms with Crippen molar-refractivity contribution >= 4 is 34.4 Å². The van der Waals surface area contributed by atoms with Crippen LogP contribution in [0.3, 0.4) is 0 Å². The molecule has 2 aromatic rings. The zero-order valence-corrected chi connectivity index (χ0v) is 18.2. The average molecular weight is 531 g/mol. The van der Waals surface area contributed by atoms with Crippen molar-refractivity contribution in [3.8, 4) is 0 Å². The molecule has 1 heterocycles. The molecule has 0 aromatic heterocycles. The van der Waals surface area contributed by atoms with Gasteiger partial charge in [-0.25, -0.2) is 13.2 Å². The molecule has 1 aliphatic rings. The van der Waals surface area contributed by atoms with E-state index >= 15 is 0 Å².